The molecule has 1 saturated heterocycles. The van der Waals surface area contributed by atoms with Crippen LogP contribution < -0.4 is 4.74 Å². The highest BCUT2D eigenvalue weighted by molar-refractivity contribution is 5.98. The lowest BCUT2D eigenvalue weighted by Gasteiger charge is -2.35. The van der Waals surface area contributed by atoms with Crippen molar-refractivity contribution in [2.45, 2.75) is 45.1 Å². The van der Waals surface area contributed by atoms with E-state index >= 15 is 0 Å². The van der Waals surface area contributed by atoms with Crippen LogP contribution in [0.15, 0.2) is 36.7 Å². The molecule has 0 aliphatic carbocycles. The van der Waals surface area contributed by atoms with Gasteiger partial charge in [0.25, 0.3) is 0 Å². The topological polar surface area (TPSA) is 106 Å². The number of likely N-dealkylation sites (tertiary alicyclic amines) is 1. The van der Waals surface area contributed by atoms with Gasteiger partial charge in [0.05, 0.1) is 24.8 Å². The molecule has 0 unspecified atom stereocenters. The molecular formula is C25H28N4O4. The van der Waals surface area contributed by atoms with Gasteiger partial charge in [-0.1, -0.05) is 6.92 Å². The van der Waals surface area contributed by atoms with Crippen LogP contribution in [-0.4, -0.2) is 62.4 Å². The number of carbonyl (C=O) groups excluding carboxylic acids is 2. The number of hydrogen-bond donors (Lipinski definition) is 1. The van der Waals surface area contributed by atoms with Crippen molar-refractivity contribution in [2.24, 2.45) is 0 Å². The zero-order chi connectivity index (χ0) is 23.6. The molecule has 0 spiro atoms. The predicted octanol–water partition coefficient (Wildman–Crippen LogP) is 3.21. The van der Waals surface area contributed by atoms with Crippen molar-refractivity contribution in [2.75, 3.05) is 20.2 Å². The van der Waals surface area contributed by atoms with E-state index in [1.54, 1.807) is 44.3 Å². The number of ether oxygens (including phenoxy) is 1. The number of aliphatic hydroxyl groups is 1. The number of ketones is 1. The molecular weight excluding hydrogens is 420 g/mol. The number of aromatic nitrogens is 3. The molecule has 1 N–H and O–H groups in total. The Bertz CT molecular complexity index is 1200. The highest BCUT2D eigenvalue weighted by Gasteiger charge is 2.29. The Balaban J connectivity index is 1.65. The molecule has 8 nitrogen and oxygen atoms in total. The van der Waals surface area contributed by atoms with Gasteiger partial charge in [-0.3, -0.25) is 19.6 Å². The average molecular weight is 449 g/mol. The number of rotatable bonds is 6. The first-order chi connectivity index (χ1) is 15.8. The lowest BCUT2D eigenvalue weighted by molar-refractivity contribution is -0.134. The van der Waals surface area contributed by atoms with Crippen LogP contribution in [0.25, 0.3) is 22.2 Å². The van der Waals surface area contributed by atoms with Crippen LogP contribution in [-0.2, 0) is 11.2 Å². The van der Waals surface area contributed by atoms with E-state index in [4.69, 9.17) is 9.72 Å². The summed E-state index contributed by atoms with van der Waals surface area (Å²) >= 11 is 0. The molecule has 1 aliphatic rings. The molecule has 0 bridgehead atoms. The maximum absolute atomic E-state index is 12.8. The minimum absolute atomic E-state index is 0.0271. The van der Waals surface area contributed by atoms with Crippen LogP contribution in [0, 0.1) is 0 Å². The Morgan fingerprint density at radius 1 is 1.15 bits per heavy atom. The summed E-state index contributed by atoms with van der Waals surface area (Å²) in [4.78, 5) is 40.2. The van der Waals surface area contributed by atoms with Crippen molar-refractivity contribution in [3.63, 3.8) is 0 Å². The number of pyridine rings is 1. The van der Waals surface area contributed by atoms with Gasteiger partial charge < -0.3 is 14.7 Å². The summed E-state index contributed by atoms with van der Waals surface area (Å²) in [6, 6.07) is 7.29. The lowest BCUT2D eigenvalue weighted by Crippen LogP contribution is -2.45. The molecule has 1 amide bonds. The van der Waals surface area contributed by atoms with E-state index in [1.807, 2.05) is 18.2 Å². The normalized spacial score (nSPS) is 15.5. The number of amides is 1. The minimum atomic E-state index is -0.710. The summed E-state index contributed by atoms with van der Waals surface area (Å²) < 4.78 is 5.50. The molecule has 3 aromatic rings. The number of benzene rings is 1. The summed E-state index contributed by atoms with van der Waals surface area (Å²) in [7, 11) is 1.57. The minimum Gasteiger partial charge on any atom is -0.494 e. The quantitative estimate of drug-likeness (QED) is 0.577. The van der Waals surface area contributed by atoms with Crippen LogP contribution in [0.5, 0.6) is 5.75 Å². The van der Waals surface area contributed by atoms with E-state index < -0.39 is 5.60 Å². The fourth-order valence-electron chi connectivity index (χ4n) is 4.03. The maximum atomic E-state index is 12.8. The second-order valence-electron chi connectivity index (χ2n) is 8.63. The van der Waals surface area contributed by atoms with Crippen LogP contribution in [0.4, 0.5) is 0 Å². The molecule has 0 atom stereocenters. The van der Waals surface area contributed by atoms with Crippen molar-refractivity contribution in [1.82, 2.24) is 19.9 Å². The number of hydrogen-bond acceptors (Lipinski definition) is 7. The molecule has 1 fully saturated rings. The second kappa shape index (κ2) is 9.23. The highest BCUT2D eigenvalue weighted by atomic mass is 16.5. The fraction of sp³-hybridized carbons (Fsp3) is 0.400. The van der Waals surface area contributed by atoms with Crippen molar-refractivity contribution in [3.8, 4) is 16.9 Å². The van der Waals surface area contributed by atoms with Crippen LogP contribution in [0.2, 0.25) is 0 Å². The third kappa shape index (κ3) is 4.85. The van der Waals surface area contributed by atoms with Gasteiger partial charge in [-0.25, -0.2) is 4.98 Å². The van der Waals surface area contributed by atoms with E-state index in [2.05, 4.69) is 9.97 Å². The number of carbonyl (C=O) groups is 2. The number of fused-ring (bicyclic) bond motifs is 1. The largest absolute Gasteiger partial charge is 0.494 e. The van der Waals surface area contributed by atoms with Crippen molar-refractivity contribution in [1.29, 1.82) is 0 Å². The van der Waals surface area contributed by atoms with E-state index in [0.717, 1.165) is 11.1 Å². The lowest BCUT2D eigenvalue weighted by atomic mass is 9.93. The van der Waals surface area contributed by atoms with Crippen molar-refractivity contribution < 1.29 is 19.4 Å². The van der Waals surface area contributed by atoms with Gasteiger partial charge in [-0.05, 0) is 49.6 Å². The molecule has 3 heterocycles. The average Bonchev–Trinajstić information content (AvgIpc) is 2.82. The standard InChI is InChI=1S/C25H28N4O4/c1-4-20(30)19-13-16(7-10-26-19)18-5-6-21(33-3)24-23(18)27-15-17(28-24)14-22(31)29-11-8-25(2,32)9-12-29/h5-7,10,13,15,32H,4,8-9,11-12,14H2,1-3H3. The Morgan fingerprint density at radius 3 is 2.61 bits per heavy atom. The first-order valence-electron chi connectivity index (χ1n) is 11.1. The third-order valence-electron chi connectivity index (χ3n) is 6.14. The van der Waals surface area contributed by atoms with Crippen LogP contribution >= 0.6 is 0 Å². The molecule has 33 heavy (non-hydrogen) atoms. The molecule has 1 aliphatic heterocycles. The Hall–Kier alpha value is -3.39. The SMILES string of the molecule is CCC(=O)c1cc(-c2ccc(OC)c3nc(CC(=O)N4CCC(C)(O)CC4)cnc23)ccn1. The van der Waals surface area contributed by atoms with Gasteiger partial charge >= 0.3 is 0 Å². The van der Waals surface area contributed by atoms with Crippen LogP contribution in [0.1, 0.15) is 49.3 Å². The predicted molar refractivity (Wildman–Crippen MR) is 124 cm³/mol. The van der Waals surface area contributed by atoms with Gasteiger partial charge in [-0.2, -0.15) is 0 Å². The molecule has 0 saturated carbocycles. The van der Waals surface area contributed by atoms with Gasteiger partial charge in [-0.15, -0.1) is 0 Å². The number of methoxy groups -OCH3 is 1. The monoisotopic (exact) mass is 448 g/mol. The summed E-state index contributed by atoms with van der Waals surface area (Å²) in [5.74, 6) is 0.496. The highest BCUT2D eigenvalue weighted by Crippen LogP contribution is 2.32. The number of Topliss-reactive ketones (excluding diaryl/α,β-unsaturated/α-hetero) is 1. The summed E-state index contributed by atoms with van der Waals surface area (Å²) in [5, 5.41) is 10.1. The van der Waals surface area contributed by atoms with Gasteiger partial charge in [0.2, 0.25) is 5.91 Å². The van der Waals surface area contributed by atoms with E-state index in [1.165, 1.54) is 0 Å². The fourth-order valence-corrected chi connectivity index (χ4v) is 4.03. The van der Waals surface area contributed by atoms with E-state index in [-0.39, 0.29) is 18.1 Å². The molecule has 4 rings (SSSR count). The molecule has 2 aromatic heterocycles. The molecule has 8 heteroatoms. The van der Waals surface area contributed by atoms with Gasteiger partial charge in [0.15, 0.2) is 5.78 Å². The van der Waals surface area contributed by atoms with Crippen molar-refractivity contribution >= 4 is 22.7 Å². The second-order valence-corrected chi connectivity index (χ2v) is 8.63. The number of piperidine rings is 1. The van der Waals surface area contributed by atoms with Crippen molar-refractivity contribution in [3.05, 3.63) is 48.0 Å². The van der Waals surface area contributed by atoms with Crippen LogP contribution in [0.3, 0.4) is 0 Å². The molecule has 172 valence electrons. The smallest absolute Gasteiger partial charge is 0.228 e. The maximum Gasteiger partial charge on any atom is 0.228 e. The first-order valence-corrected chi connectivity index (χ1v) is 11.1. The Kier molecular flexibility index (Phi) is 6.37. The Morgan fingerprint density at radius 2 is 1.91 bits per heavy atom. The number of nitrogens with zero attached hydrogens (tertiary/aromatic N) is 4. The summed E-state index contributed by atoms with van der Waals surface area (Å²) in [6.07, 6.45) is 4.86. The van der Waals surface area contributed by atoms with E-state index in [0.29, 0.717) is 60.5 Å². The summed E-state index contributed by atoms with van der Waals surface area (Å²) in [5.41, 5.74) is 3.06. The van der Waals surface area contributed by atoms with Gasteiger partial charge in [0.1, 0.15) is 22.5 Å². The zero-order valence-corrected chi connectivity index (χ0v) is 19.2. The zero-order valence-electron chi connectivity index (χ0n) is 19.2. The Labute approximate surface area is 192 Å². The van der Waals surface area contributed by atoms with Gasteiger partial charge in [0, 0.05) is 37.5 Å². The summed E-state index contributed by atoms with van der Waals surface area (Å²) in [6.45, 7) is 4.67. The van der Waals surface area contributed by atoms with E-state index in [9.17, 15) is 14.7 Å². The third-order valence-corrected chi connectivity index (χ3v) is 6.14. The first kappa shape index (κ1) is 22.8. The molecule has 0 radical (unpaired) electrons. The molecule has 1 aromatic carbocycles.